The van der Waals surface area contributed by atoms with Crippen LogP contribution < -0.4 is 5.32 Å². The molecule has 1 N–H and O–H groups in total. The highest BCUT2D eigenvalue weighted by molar-refractivity contribution is 8.00. The molecule has 0 saturated carbocycles. The number of hydrogen-bond acceptors (Lipinski definition) is 6. The molecule has 0 saturated heterocycles. The van der Waals surface area contributed by atoms with Gasteiger partial charge in [0.25, 0.3) is 0 Å². The molecule has 126 valence electrons. The molecular formula is C14H29NO4S2. The number of thioether (sulfide) groups is 1. The molecule has 0 aromatic carbocycles. The summed E-state index contributed by atoms with van der Waals surface area (Å²) < 4.78 is 27.2. The Morgan fingerprint density at radius 2 is 1.95 bits per heavy atom. The summed E-state index contributed by atoms with van der Waals surface area (Å²) in [7, 11) is -2.88. The Hall–Kier alpha value is -0.270. The van der Waals surface area contributed by atoms with Crippen LogP contribution in [0.1, 0.15) is 40.5 Å². The fraction of sp³-hybridized carbons (Fsp3) is 0.929. The van der Waals surface area contributed by atoms with Crippen molar-refractivity contribution in [2.24, 2.45) is 0 Å². The molecule has 0 aromatic rings. The number of sulfone groups is 1. The first kappa shape index (κ1) is 20.7. The zero-order valence-electron chi connectivity index (χ0n) is 13.8. The van der Waals surface area contributed by atoms with Gasteiger partial charge in [0.2, 0.25) is 0 Å². The molecule has 0 aromatic heterocycles. The van der Waals surface area contributed by atoms with Gasteiger partial charge < -0.3 is 4.74 Å². The van der Waals surface area contributed by atoms with Gasteiger partial charge in [-0.1, -0.05) is 0 Å². The van der Waals surface area contributed by atoms with Crippen LogP contribution in [0, 0.1) is 0 Å². The number of rotatable bonds is 11. The Morgan fingerprint density at radius 3 is 2.43 bits per heavy atom. The number of carbonyl (C=O) groups is 1. The van der Waals surface area contributed by atoms with Crippen molar-refractivity contribution in [3.8, 4) is 0 Å². The van der Waals surface area contributed by atoms with Crippen molar-refractivity contribution in [2.75, 3.05) is 30.1 Å². The smallest absolute Gasteiger partial charge is 0.326 e. The molecule has 0 radical (unpaired) electrons. The summed E-state index contributed by atoms with van der Waals surface area (Å²) in [5.74, 6) is 1.42. The Balaban J connectivity index is 4.22. The predicted octanol–water partition coefficient (Wildman–Crippen LogP) is 1.86. The highest BCUT2D eigenvalue weighted by atomic mass is 32.2. The Bertz CT molecular complexity index is 409. The van der Waals surface area contributed by atoms with Crippen LogP contribution in [0.5, 0.6) is 0 Å². The van der Waals surface area contributed by atoms with Gasteiger partial charge >= 0.3 is 5.97 Å². The fourth-order valence-electron chi connectivity index (χ4n) is 2.00. The van der Waals surface area contributed by atoms with E-state index in [2.05, 4.69) is 5.32 Å². The van der Waals surface area contributed by atoms with E-state index < -0.39 is 15.4 Å². The molecule has 0 spiro atoms. The van der Waals surface area contributed by atoms with Gasteiger partial charge in [-0.25, -0.2) is 8.42 Å². The van der Waals surface area contributed by atoms with Crippen molar-refractivity contribution in [1.82, 2.24) is 5.32 Å². The van der Waals surface area contributed by atoms with E-state index >= 15 is 0 Å². The normalized spacial score (nSPS) is 15.0. The Kier molecular flexibility index (Phi) is 9.56. The van der Waals surface area contributed by atoms with Crippen molar-refractivity contribution < 1.29 is 17.9 Å². The summed E-state index contributed by atoms with van der Waals surface area (Å²) in [4.78, 5) is 12.1. The first-order valence-corrected chi connectivity index (χ1v) is 10.5. The topological polar surface area (TPSA) is 72.5 Å². The van der Waals surface area contributed by atoms with E-state index in [0.29, 0.717) is 18.8 Å². The number of hydrogen-bond donors (Lipinski definition) is 1. The molecule has 21 heavy (non-hydrogen) atoms. The van der Waals surface area contributed by atoms with Crippen LogP contribution in [-0.2, 0) is 19.4 Å². The molecule has 0 aliphatic heterocycles. The predicted molar refractivity (Wildman–Crippen MR) is 89.6 cm³/mol. The van der Waals surface area contributed by atoms with Gasteiger partial charge in [-0.15, -0.1) is 0 Å². The highest BCUT2D eigenvalue weighted by Crippen LogP contribution is 2.18. The Morgan fingerprint density at radius 1 is 1.33 bits per heavy atom. The average molecular weight is 340 g/mol. The Labute approximate surface area is 133 Å². The maximum Gasteiger partial charge on any atom is 0.326 e. The van der Waals surface area contributed by atoms with Crippen LogP contribution >= 0.6 is 11.8 Å². The lowest BCUT2D eigenvalue weighted by Gasteiger charge is -2.30. The second-order valence-corrected chi connectivity index (χ2v) is 9.18. The third-order valence-electron chi connectivity index (χ3n) is 2.90. The van der Waals surface area contributed by atoms with Crippen LogP contribution in [0.15, 0.2) is 0 Å². The third kappa shape index (κ3) is 10.1. The van der Waals surface area contributed by atoms with Gasteiger partial charge in [0.05, 0.1) is 12.4 Å². The molecule has 0 amide bonds. The molecule has 1 atom stereocenters. The van der Waals surface area contributed by atoms with E-state index in [1.165, 1.54) is 6.26 Å². The monoisotopic (exact) mass is 339 g/mol. The molecule has 1 unspecified atom stereocenters. The van der Waals surface area contributed by atoms with Crippen molar-refractivity contribution in [2.45, 2.75) is 52.1 Å². The molecular weight excluding hydrogens is 310 g/mol. The summed E-state index contributed by atoms with van der Waals surface area (Å²) in [5, 5.41) is 3.28. The van der Waals surface area contributed by atoms with Crippen LogP contribution in [0.2, 0.25) is 0 Å². The minimum absolute atomic E-state index is 0.192. The summed E-state index contributed by atoms with van der Waals surface area (Å²) in [5.41, 5.74) is -0.679. The molecule has 5 nitrogen and oxygen atoms in total. The molecule has 0 aliphatic carbocycles. The highest BCUT2D eigenvalue weighted by Gasteiger charge is 2.34. The number of carbonyl (C=O) groups excluding carboxylic acids is 1. The number of esters is 1. The summed E-state index contributed by atoms with van der Waals surface area (Å²) in [6.07, 6.45) is 2.76. The van der Waals surface area contributed by atoms with Gasteiger partial charge in [-0.2, -0.15) is 11.8 Å². The van der Waals surface area contributed by atoms with Gasteiger partial charge in [0.15, 0.2) is 0 Å². The standard InChI is InChI=1S/C14H29NO4S2/c1-6-19-13(16)14(4,15-12(2)3)8-7-9-20-10-11-21(5,17)18/h12,15H,6-11H2,1-5H3. The molecule has 0 fully saturated rings. The van der Waals surface area contributed by atoms with Crippen molar-refractivity contribution in [3.05, 3.63) is 0 Å². The summed E-state index contributed by atoms with van der Waals surface area (Å²) in [6, 6.07) is 0.192. The lowest BCUT2D eigenvalue weighted by atomic mass is 9.95. The maximum absolute atomic E-state index is 12.1. The van der Waals surface area contributed by atoms with E-state index in [4.69, 9.17) is 4.74 Å². The van der Waals surface area contributed by atoms with Crippen molar-refractivity contribution >= 4 is 27.6 Å². The summed E-state index contributed by atoms with van der Waals surface area (Å²) >= 11 is 1.61. The molecule has 0 aliphatic rings. The molecule has 0 rings (SSSR count). The summed E-state index contributed by atoms with van der Waals surface area (Å²) in [6.45, 7) is 8.04. The lowest BCUT2D eigenvalue weighted by molar-refractivity contribution is -0.151. The van der Waals surface area contributed by atoms with Gasteiger partial charge in [-0.05, 0) is 46.3 Å². The van der Waals surface area contributed by atoms with Crippen LogP contribution in [-0.4, -0.2) is 56.1 Å². The molecule has 0 bridgehead atoms. The van der Waals surface area contributed by atoms with E-state index in [-0.39, 0.29) is 17.8 Å². The van der Waals surface area contributed by atoms with Crippen LogP contribution in [0.3, 0.4) is 0 Å². The van der Waals surface area contributed by atoms with Crippen LogP contribution in [0.4, 0.5) is 0 Å². The van der Waals surface area contributed by atoms with Gasteiger partial charge in [-0.3, -0.25) is 10.1 Å². The van der Waals surface area contributed by atoms with Gasteiger partial charge in [0, 0.05) is 18.1 Å². The minimum Gasteiger partial charge on any atom is -0.465 e. The van der Waals surface area contributed by atoms with E-state index in [9.17, 15) is 13.2 Å². The van der Waals surface area contributed by atoms with E-state index in [0.717, 1.165) is 12.2 Å². The first-order chi connectivity index (χ1) is 9.60. The third-order valence-corrected chi connectivity index (χ3v) is 5.17. The zero-order chi connectivity index (χ0) is 16.5. The van der Waals surface area contributed by atoms with E-state index in [1.54, 1.807) is 18.7 Å². The number of nitrogens with one attached hydrogen (secondary N) is 1. The van der Waals surface area contributed by atoms with Gasteiger partial charge in [0.1, 0.15) is 15.4 Å². The quantitative estimate of drug-likeness (QED) is 0.458. The maximum atomic E-state index is 12.1. The van der Waals surface area contributed by atoms with Crippen LogP contribution in [0.25, 0.3) is 0 Å². The second kappa shape index (κ2) is 9.69. The lowest BCUT2D eigenvalue weighted by Crippen LogP contribution is -2.53. The van der Waals surface area contributed by atoms with E-state index in [1.807, 2.05) is 20.8 Å². The van der Waals surface area contributed by atoms with Crippen molar-refractivity contribution in [3.63, 3.8) is 0 Å². The van der Waals surface area contributed by atoms with Crippen molar-refractivity contribution in [1.29, 1.82) is 0 Å². The minimum atomic E-state index is -2.88. The fourth-order valence-corrected chi connectivity index (χ4v) is 4.24. The molecule has 0 heterocycles. The molecule has 7 heteroatoms. The SMILES string of the molecule is CCOC(=O)C(C)(CCCSCCS(C)(=O)=O)NC(C)C. The largest absolute Gasteiger partial charge is 0.465 e. The zero-order valence-corrected chi connectivity index (χ0v) is 15.4. The first-order valence-electron chi connectivity index (χ1n) is 7.31. The second-order valence-electron chi connectivity index (χ2n) is 5.70. The average Bonchev–Trinajstić information content (AvgIpc) is 2.31. The number of ether oxygens (including phenoxy) is 1.